The van der Waals surface area contributed by atoms with Crippen LogP contribution in [-0.2, 0) is 31.9 Å². The van der Waals surface area contributed by atoms with Crippen LogP contribution in [-0.4, -0.2) is 62.4 Å². The number of methoxy groups -OCH3 is 1. The molecule has 0 aliphatic heterocycles. The maximum absolute atomic E-state index is 11.8. The van der Waals surface area contributed by atoms with Crippen molar-refractivity contribution in [3.8, 4) is 23.0 Å². The number of carbonyl (C=O) groups excluding carboxylic acids is 1. The third-order valence-electron chi connectivity index (χ3n) is 10.5. The number of carbonyl (C=O) groups is 2. The molecule has 0 radical (unpaired) electrons. The number of aryl methyl sites for hydroxylation is 2. The van der Waals surface area contributed by atoms with Crippen LogP contribution in [0.2, 0.25) is 0 Å². The Kier molecular flexibility index (Phi) is 7.83. The Balaban J connectivity index is 0.000000141. The molecule has 2 fully saturated rings. The quantitative estimate of drug-likeness (QED) is 0.161. The van der Waals surface area contributed by atoms with Crippen LogP contribution >= 0.6 is 0 Å². The number of benzene rings is 2. The zero-order valence-corrected chi connectivity index (χ0v) is 29.7. The summed E-state index contributed by atoms with van der Waals surface area (Å²) in [6.07, 6.45) is 8.73. The van der Waals surface area contributed by atoms with E-state index in [0.29, 0.717) is 17.0 Å². The van der Waals surface area contributed by atoms with Gasteiger partial charge in [-0.2, -0.15) is 0 Å². The minimum atomic E-state index is -0.939. The summed E-state index contributed by atoms with van der Waals surface area (Å²) in [5, 5.41) is 11.5. The first kappa shape index (κ1) is 32.6. The smallest absolute Gasteiger partial charge is 0.337 e. The van der Waals surface area contributed by atoms with Crippen LogP contribution in [0, 0.1) is 11.8 Å². The van der Waals surface area contributed by atoms with E-state index >= 15 is 0 Å². The van der Waals surface area contributed by atoms with Gasteiger partial charge in [0.25, 0.3) is 0 Å². The molecule has 2 saturated carbocycles. The van der Waals surface area contributed by atoms with Gasteiger partial charge in [0.05, 0.1) is 51.7 Å². The third-order valence-corrected chi connectivity index (χ3v) is 10.5. The molecular weight excluding hydrogens is 669 g/mol. The van der Waals surface area contributed by atoms with Crippen LogP contribution < -0.4 is 0 Å². The summed E-state index contributed by atoms with van der Waals surface area (Å²) in [6, 6.07) is 22.9. The summed E-state index contributed by atoms with van der Waals surface area (Å²) >= 11 is 0. The molecule has 0 bridgehead atoms. The number of aromatic nitrogens is 8. The SMILES string of the molecule is COC(=O)c1ccc2c(c1)nc(-c1cc3cccnc3n1CC1CC1)n2C.Cn1c(-c2cc3cccnc3n2CC2CC2)nc2cc(C(=O)O)ccc21. The van der Waals surface area contributed by atoms with E-state index in [1.807, 2.05) is 55.3 Å². The molecule has 0 atom stereocenters. The number of nitrogens with zero attached hydrogens (tertiary/aromatic N) is 8. The second-order valence-electron chi connectivity index (χ2n) is 14.2. The van der Waals surface area contributed by atoms with Crippen molar-refractivity contribution in [3.05, 3.63) is 96.3 Å². The number of hydrogen-bond donors (Lipinski definition) is 1. The van der Waals surface area contributed by atoms with Crippen molar-refractivity contribution in [2.45, 2.75) is 38.8 Å². The predicted octanol–water partition coefficient (Wildman–Crippen LogP) is 7.48. The number of hydrogen-bond acceptors (Lipinski definition) is 7. The molecule has 8 aromatic rings. The lowest BCUT2D eigenvalue weighted by Gasteiger charge is -2.09. The van der Waals surface area contributed by atoms with Crippen LogP contribution in [0.1, 0.15) is 46.4 Å². The van der Waals surface area contributed by atoms with Gasteiger partial charge in [-0.1, -0.05) is 0 Å². The second kappa shape index (κ2) is 12.7. The molecule has 12 nitrogen and oxygen atoms in total. The first-order chi connectivity index (χ1) is 25.8. The molecule has 6 aromatic heterocycles. The highest BCUT2D eigenvalue weighted by molar-refractivity contribution is 5.95. The maximum Gasteiger partial charge on any atom is 0.337 e. The predicted molar refractivity (Wildman–Crippen MR) is 203 cm³/mol. The lowest BCUT2D eigenvalue weighted by Crippen LogP contribution is -2.05. The number of pyridine rings is 2. The van der Waals surface area contributed by atoms with Gasteiger partial charge in [0.15, 0.2) is 11.6 Å². The summed E-state index contributed by atoms with van der Waals surface area (Å²) < 4.78 is 13.5. The molecule has 0 amide bonds. The van der Waals surface area contributed by atoms with Crippen molar-refractivity contribution in [1.29, 1.82) is 0 Å². The van der Waals surface area contributed by atoms with Gasteiger partial charge < -0.3 is 28.1 Å². The van der Waals surface area contributed by atoms with E-state index in [1.165, 1.54) is 32.8 Å². The number of rotatable bonds is 8. The number of carboxylic acid groups (broad SMARTS) is 1. The molecule has 2 aromatic carbocycles. The topological polar surface area (TPSA) is 135 Å². The molecule has 2 aliphatic carbocycles. The molecule has 0 spiro atoms. The molecule has 1 N–H and O–H groups in total. The Morgan fingerprint density at radius 3 is 1.62 bits per heavy atom. The Hall–Kier alpha value is -6.30. The third kappa shape index (κ3) is 5.89. The first-order valence-electron chi connectivity index (χ1n) is 17.9. The van der Waals surface area contributed by atoms with Crippen molar-refractivity contribution >= 4 is 56.1 Å². The van der Waals surface area contributed by atoms with Gasteiger partial charge in [-0.15, -0.1) is 0 Å². The van der Waals surface area contributed by atoms with Gasteiger partial charge in [0.1, 0.15) is 11.3 Å². The number of carboxylic acids is 1. The van der Waals surface area contributed by atoms with Gasteiger partial charge in [0, 0.05) is 50.4 Å². The average molecular weight is 707 g/mol. The zero-order chi connectivity index (χ0) is 36.4. The van der Waals surface area contributed by atoms with Gasteiger partial charge in [-0.25, -0.2) is 29.5 Å². The van der Waals surface area contributed by atoms with E-state index in [9.17, 15) is 14.7 Å². The lowest BCUT2D eigenvalue weighted by atomic mass is 10.2. The second-order valence-corrected chi connectivity index (χ2v) is 14.2. The average Bonchev–Trinajstić information content (AvgIpc) is 4.06. The molecule has 266 valence electrons. The van der Waals surface area contributed by atoms with Crippen LogP contribution in [0.3, 0.4) is 0 Å². The molecular formula is C41H38N8O4. The Labute approximate surface area is 304 Å². The van der Waals surface area contributed by atoms with E-state index in [0.717, 1.165) is 80.7 Å². The van der Waals surface area contributed by atoms with E-state index in [1.54, 1.807) is 24.3 Å². The first-order valence-corrected chi connectivity index (χ1v) is 17.9. The fourth-order valence-corrected chi connectivity index (χ4v) is 7.27. The minimum Gasteiger partial charge on any atom is -0.478 e. The van der Waals surface area contributed by atoms with Gasteiger partial charge in [-0.3, -0.25) is 0 Å². The maximum atomic E-state index is 11.8. The van der Waals surface area contributed by atoms with Crippen LogP contribution in [0.4, 0.5) is 0 Å². The van der Waals surface area contributed by atoms with E-state index in [4.69, 9.17) is 14.7 Å². The number of esters is 1. The van der Waals surface area contributed by atoms with Crippen LogP contribution in [0.15, 0.2) is 85.2 Å². The fourth-order valence-electron chi connectivity index (χ4n) is 7.27. The summed E-state index contributed by atoms with van der Waals surface area (Å²) in [7, 11) is 5.37. The summed E-state index contributed by atoms with van der Waals surface area (Å²) in [5.74, 6) is 1.86. The molecule has 10 rings (SSSR count). The monoisotopic (exact) mass is 706 g/mol. The molecule has 0 saturated heterocycles. The highest BCUT2D eigenvalue weighted by Crippen LogP contribution is 2.37. The Bertz CT molecular complexity index is 2730. The zero-order valence-electron chi connectivity index (χ0n) is 29.7. The van der Waals surface area contributed by atoms with Crippen molar-refractivity contribution in [2.24, 2.45) is 25.9 Å². The number of fused-ring (bicyclic) bond motifs is 4. The Morgan fingerprint density at radius 2 is 1.17 bits per heavy atom. The fraction of sp³-hybridized carbons (Fsp3) is 0.268. The van der Waals surface area contributed by atoms with Crippen molar-refractivity contribution in [3.63, 3.8) is 0 Å². The Morgan fingerprint density at radius 1 is 0.698 bits per heavy atom. The number of aromatic carboxylic acids is 1. The van der Waals surface area contributed by atoms with Crippen molar-refractivity contribution < 1.29 is 19.4 Å². The summed E-state index contributed by atoms with van der Waals surface area (Å²) in [5.41, 5.74) is 8.21. The largest absolute Gasteiger partial charge is 0.478 e. The number of imidazole rings is 2. The van der Waals surface area contributed by atoms with Crippen LogP contribution in [0.5, 0.6) is 0 Å². The van der Waals surface area contributed by atoms with Gasteiger partial charge >= 0.3 is 11.9 Å². The highest BCUT2D eigenvalue weighted by Gasteiger charge is 2.27. The summed E-state index contributed by atoms with van der Waals surface area (Å²) in [6.45, 7) is 1.91. The van der Waals surface area contributed by atoms with Crippen molar-refractivity contribution in [1.82, 2.24) is 38.2 Å². The lowest BCUT2D eigenvalue weighted by molar-refractivity contribution is 0.0600. The molecule has 12 heteroatoms. The van der Waals surface area contributed by atoms with Gasteiger partial charge in [-0.05, 0) is 110 Å². The molecule has 2 aliphatic rings. The van der Waals surface area contributed by atoms with E-state index in [-0.39, 0.29) is 11.5 Å². The molecule has 53 heavy (non-hydrogen) atoms. The molecule has 0 unspecified atom stereocenters. The van der Waals surface area contributed by atoms with Gasteiger partial charge in [0.2, 0.25) is 0 Å². The van der Waals surface area contributed by atoms with E-state index < -0.39 is 5.97 Å². The minimum absolute atomic E-state index is 0.252. The van der Waals surface area contributed by atoms with Crippen LogP contribution in [0.25, 0.3) is 67.2 Å². The standard InChI is InChI=1S/C21H20N4O2.C20H18N4O2/c1-24-17-8-7-15(21(26)27-2)10-16(17)23-20(24)18-11-14-4-3-9-22-19(14)25(18)12-13-5-6-13;1-23-16-7-6-14(20(25)26)9-15(16)22-19(23)17-10-13-3-2-8-21-18(13)24(17)11-12-4-5-12/h3-4,7-11,13H,5-6,12H2,1-2H3;2-3,6-10,12H,4-5,11H2,1H3,(H,25,26). The number of ether oxygens (including phenoxy) is 1. The van der Waals surface area contributed by atoms with Crippen molar-refractivity contribution in [2.75, 3.05) is 7.11 Å². The summed E-state index contributed by atoms with van der Waals surface area (Å²) in [4.78, 5) is 41.9. The normalized spacial score (nSPS) is 14.2. The highest BCUT2D eigenvalue weighted by atomic mass is 16.5. The molecule has 6 heterocycles. The van der Waals surface area contributed by atoms with E-state index in [2.05, 4.69) is 47.9 Å².